The minimum Gasteiger partial charge on any atom is -0.368 e. The zero-order valence-corrected chi connectivity index (χ0v) is 18.1. The van der Waals surface area contributed by atoms with E-state index in [0.29, 0.717) is 12.5 Å². The number of hydrogen-bond acceptors (Lipinski definition) is 6. The molecule has 0 saturated carbocycles. The first-order valence-corrected chi connectivity index (χ1v) is 10.0. The van der Waals surface area contributed by atoms with Gasteiger partial charge < -0.3 is 16.0 Å². The maximum atomic E-state index is 13.3. The second kappa shape index (κ2) is 8.75. The van der Waals surface area contributed by atoms with Crippen LogP contribution >= 0.6 is 0 Å². The maximum absolute atomic E-state index is 13.3. The Morgan fingerprint density at radius 3 is 2.50 bits per heavy atom. The largest absolute Gasteiger partial charge is 0.433 e. The van der Waals surface area contributed by atoms with E-state index in [-0.39, 0.29) is 41.2 Å². The van der Waals surface area contributed by atoms with Crippen molar-refractivity contribution in [3.05, 3.63) is 41.5 Å². The van der Waals surface area contributed by atoms with Crippen molar-refractivity contribution in [3.63, 3.8) is 0 Å². The Kier molecular flexibility index (Phi) is 6.49. The smallest absolute Gasteiger partial charge is 0.368 e. The number of nitrogens with two attached hydrogens (primary N) is 1. The number of pyridine rings is 2. The van der Waals surface area contributed by atoms with Gasteiger partial charge in [0.2, 0.25) is 0 Å². The number of nitrogens with zero attached hydrogens (tertiary/aromatic N) is 4. The highest BCUT2D eigenvalue weighted by atomic mass is 19.4. The lowest BCUT2D eigenvalue weighted by Gasteiger charge is -2.27. The van der Waals surface area contributed by atoms with Gasteiger partial charge in [0, 0.05) is 36.6 Å². The number of halogens is 6. The zero-order valence-electron chi connectivity index (χ0n) is 18.1. The van der Waals surface area contributed by atoms with Crippen LogP contribution in [0.4, 0.5) is 32.0 Å². The molecule has 0 radical (unpaired) electrons. The number of carbonyl (C=O) groups is 1. The van der Waals surface area contributed by atoms with Crippen LogP contribution < -0.4 is 16.0 Å². The van der Waals surface area contributed by atoms with Crippen LogP contribution in [0.15, 0.2) is 24.5 Å². The van der Waals surface area contributed by atoms with Gasteiger partial charge in [0.15, 0.2) is 0 Å². The van der Waals surface area contributed by atoms with E-state index in [4.69, 9.17) is 5.73 Å². The quantitative estimate of drug-likeness (QED) is 0.639. The molecule has 1 saturated heterocycles. The van der Waals surface area contributed by atoms with Gasteiger partial charge in [-0.3, -0.25) is 9.78 Å². The van der Waals surface area contributed by atoms with E-state index in [0.717, 1.165) is 19.3 Å². The Balaban J connectivity index is 2.25. The topological polar surface area (TPSA) is 108 Å². The second-order valence-corrected chi connectivity index (χ2v) is 8.35. The van der Waals surface area contributed by atoms with E-state index in [1.54, 1.807) is 17.9 Å². The summed E-state index contributed by atoms with van der Waals surface area (Å²) in [6.45, 7) is 2.86. The fourth-order valence-electron chi connectivity index (χ4n) is 3.63. The monoisotopic (exact) mass is 486 g/mol. The van der Waals surface area contributed by atoms with E-state index in [2.05, 4.69) is 9.97 Å². The number of aromatic nitrogens is 2. The highest BCUT2D eigenvalue weighted by Crippen LogP contribution is 2.40. The zero-order chi connectivity index (χ0) is 25.5. The predicted octanol–water partition coefficient (Wildman–Crippen LogP) is 3.64. The van der Waals surface area contributed by atoms with Crippen molar-refractivity contribution in [1.82, 2.24) is 15.3 Å². The molecular weight excluding hydrogens is 466 g/mol. The molecule has 13 heteroatoms. The molecule has 2 aromatic rings. The van der Waals surface area contributed by atoms with Crippen LogP contribution in [0.2, 0.25) is 0 Å². The van der Waals surface area contributed by atoms with Crippen LogP contribution in [-0.4, -0.2) is 46.7 Å². The fourth-order valence-corrected chi connectivity index (χ4v) is 3.63. The summed E-state index contributed by atoms with van der Waals surface area (Å²) in [5.41, 5.74) is 3.30. The molecule has 2 atom stereocenters. The van der Waals surface area contributed by atoms with Crippen LogP contribution in [0.5, 0.6) is 0 Å². The van der Waals surface area contributed by atoms with Crippen molar-refractivity contribution in [2.45, 2.75) is 44.2 Å². The molecule has 1 aliphatic rings. The summed E-state index contributed by atoms with van der Waals surface area (Å²) in [7, 11) is 0. The second-order valence-electron chi connectivity index (χ2n) is 8.35. The SMILES string of the molecule is CC(NC(=O)c1cnc(C#N)c(-c2ccnc(C(F)(F)F)c2)c1N1CC[C@](C)(N)C1)C(F)(F)F. The normalized spacial score (nSPS) is 19.6. The third-order valence-corrected chi connectivity index (χ3v) is 5.40. The molecular formula is C21H20F6N6O. The Morgan fingerprint density at radius 1 is 1.29 bits per heavy atom. The number of anilines is 1. The first-order valence-electron chi connectivity index (χ1n) is 10.0. The molecule has 34 heavy (non-hydrogen) atoms. The predicted molar refractivity (Wildman–Crippen MR) is 110 cm³/mol. The van der Waals surface area contributed by atoms with E-state index in [1.165, 1.54) is 6.07 Å². The van der Waals surface area contributed by atoms with E-state index in [9.17, 15) is 36.4 Å². The lowest BCUT2D eigenvalue weighted by Crippen LogP contribution is -2.44. The highest BCUT2D eigenvalue weighted by Gasteiger charge is 2.39. The third kappa shape index (κ3) is 5.22. The molecule has 1 fully saturated rings. The summed E-state index contributed by atoms with van der Waals surface area (Å²) in [4.78, 5) is 21.6. The van der Waals surface area contributed by atoms with Gasteiger partial charge in [0.25, 0.3) is 5.91 Å². The molecule has 0 spiro atoms. The lowest BCUT2D eigenvalue weighted by molar-refractivity contribution is -0.149. The van der Waals surface area contributed by atoms with Gasteiger partial charge >= 0.3 is 12.4 Å². The number of rotatable bonds is 4. The van der Waals surface area contributed by atoms with E-state index in [1.807, 2.05) is 5.32 Å². The molecule has 3 rings (SSSR count). The van der Waals surface area contributed by atoms with Crippen LogP contribution in [0.25, 0.3) is 11.1 Å². The Hall–Kier alpha value is -3.40. The fraction of sp³-hybridized carbons (Fsp3) is 0.429. The number of nitrogens with one attached hydrogen (secondary N) is 1. The Morgan fingerprint density at radius 2 is 1.97 bits per heavy atom. The van der Waals surface area contributed by atoms with Crippen LogP contribution in [-0.2, 0) is 6.18 Å². The van der Waals surface area contributed by atoms with Gasteiger partial charge in [0.1, 0.15) is 23.5 Å². The average Bonchev–Trinajstić information content (AvgIpc) is 3.10. The lowest BCUT2D eigenvalue weighted by atomic mass is 9.97. The summed E-state index contributed by atoms with van der Waals surface area (Å²) in [6.07, 6.45) is -7.26. The molecule has 1 aliphatic heterocycles. The molecule has 2 aromatic heterocycles. The summed E-state index contributed by atoms with van der Waals surface area (Å²) < 4.78 is 79.0. The van der Waals surface area contributed by atoms with Crippen molar-refractivity contribution >= 4 is 11.6 Å². The van der Waals surface area contributed by atoms with Crippen molar-refractivity contribution in [2.24, 2.45) is 5.73 Å². The number of alkyl halides is 6. The van der Waals surface area contributed by atoms with E-state index >= 15 is 0 Å². The molecule has 0 bridgehead atoms. The van der Waals surface area contributed by atoms with Gasteiger partial charge in [-0.1, -0.05) is 0 Å². The van der Waals surface area contributed by atoms with Gasteiger partial charge in [-0.25, -0.2) is 4.98 Å². The minimum atomic E-state index is -4.79. The third-order valence-electron chi connectivity index (χ3n) is 5.40. The molecule has 3 heterocycles. The molecule has 0 aliphatic carbocycles. The van der Waals surface area contributed by atoms with Gasteiger partial charge in [0.05, 0.1) is 11.3 Å². The first-order chi connectivity index (χ1) is 15.6. The molecule has 1 amide bonds. The number of carbonyl (C=O) groups excluding carboxylic acids is 1. The average molecular weight is 486 g/mol. The summed E-state index contributed by atoms with van der Waals surface area (Å²) >= 11 is 0. The maximum Gasteiger partial charge on any atom is 0.433 e. The van der Waals surface area contributed by atoms with E-state index < -0.39 is 35.5 Å². The van der Waals surface area contributed by atoms with Crippen LogP contribution in [0.3, 0.4) is 0 Å². The van der Waals surface area contributed by atoms with Crippen LogP contribution in [0, 0.1) is 11.3 Å². The molecule has 1 unspecified atom stereocenters. The van der Waals surface area contributed by atoms with Crippen molar-refractivity contribution in [3.8, 4) is 17.2 Å². The first kappa shape index (κ1) is 25.2. The van der Waals surface area contributed by atoms with Gasteiger partial charge in [-0.2, -0.15) is 31.6 Å². The highest BCUT2D eigenvalue weighted by molar-refractivity contribution is 6.04. The molecule has 0 aromatic carbocycles. The number of hydrogen-bond donors (Lipinski definition) is 2. The van der Waals surface area contributed by atoms with Crippen molar-refractivity contribution < 1.29 is 31.1 Å². The Bertz CT molecular complexity index is 1140. The molecule has 7 nitrogen and oxygen atoms in total. The minimum absolute atomic E-state index is 0.0214. The van der Waals surface area contributed by atoms with Gasteiger partial charge in [-0.05, 0) is 38.0 Å². The summed E-state index contributed by atoms with van der Waals surface area (Å²) in [6, 6.07) is 1.48. The van der Waals surface area contributed by atoms with Crippen LogP contribution in [0.1, 0.15) is 42.0 Å². The summed E-state index contributed by atoms with van der Waals surface area (Å²) in [5, 5.41) is 11.5. The van der Waals surface area contributed by atoms with Crippen molar-refractivity contribution in [2.75, 3.05) is 18.0 Å². The number of amides is 1. The molecule has 182 valence electrons. The van der Waals surface area contributed by atoms with Gasteiger partial charge in [-0.15, -0.1) is 0 Å². The van der Waals surface area contributed by atoms with Crippen molar-refractivity contribution in [1.29, 1.82) is 5.26 Å². The summed E-state index contributed by atoms with van der Waals surface area (Å²) in [5.74, 6) is -1.14. The standard InChI is InChI=1S/C21H20F6N6O/c1-11(20(22,23)24)32-18(34)13-9-31-14(8-28)16(17(13)33-6-4-19(2,29)10-33)12-3-5-30-15(7-12)21(25,26)27/h3,5,7,9,11H,4,6,10,29H2,1-2H3,(H,32,34)/t11?,19-/m0/s1. The Labute approximate surface area is 190 Å². The molecule has 3 N–H and O–H groups in total. The number of nitriles is 1.